The van der Waals surface area contributed by atoms with Crippen LogP contribution in [0.5, 0.6) is 0 Å². The normalized spacial score (nSPS) is 21.5. The number of benzene rings is 1. The molecule has 1 nitrogen and oxygen atoms in total. The summed E-state index contributed by atoms with van der Waals surface area (Å²) in [6, 6.07) is 2.69. The van der Waals surface area contributed by atoms with Crippen LogP contribution in [-0.2, 0) is 5.75 Å². The van der Waals surface area contributed by atoms with Gasteiger partial charge < -0.3 is 5.11 Å². The molecule has 0 bridgehead atoms. The third-order valence-corrected chi connectivity index (χ3v) is 3.69. The fourth-order valence-electron chi connectivity index (χ4n) is 1.60. The Morgan fingerprint density at radius 2 is 2.29 bits per heavy atom. The van der Waals surface area contributed by atoms with Crippen LogP contribution in [0.15, 0.2) is 12.1 Å². The molecule has 0 radical (unpaired) electrons. The lowest BCUT2D eigenvalue weighted by Crippen LogP contribution is -2.01. The van der Waals surface area contributed by atoms with Crippen molar-refractivity contribution in [3.8, 4) is 0 Å². The van der Waals surface area contributed by atoms with Crippen molar-refractivity contribution in [3.05, 3.63) is 34.1 Å². The Balaban J connectivity index is 2.53. The zero-order valence-electron chi connectivity index (χ0n) is 7.46. The molecular formula is C10H10ClFOS. The van der Waals surface area contributed by atoms with E-state index in [1.165, 1.54) is 12.1 Å². The number of halogens is 2. The second-order valence-corrected chi connectivity index (χ2v) is 4.82. The van der Waals surface area contributed by atoms with E-state index in [2.05, 4.69) is 0 Å². The van der Waals surface area contributed by atoms with Gasteiger partial charge in [0.2, 0.25) is 0 Å². The van der Waals surface area contributed by atoms with Gasteiger partial charge in [0, 0.05) is 10.8 Å². The molecular weight excluding hydrogens is 223 g/mol. The minimum atomic E-state index is -0.576. The highest BCUT2D eigenvalue weighted by Gasteiger charge is 2.19. The molecule has 1 aliphatic rings. The predicted molar refractivity (Wildman–Crippen MR) is 57.1 cm³/mol. The van der Waals surface area contributed by atoms with Gasteiger partial charge in [0.1, 0.15) is 5.82 Å². The van der Waals surface area contributed by atoms with Crippen LogP contribution in [-0.4, -0.2) is 10.9 Å². The lowest BCUT2D eigenvalue weighted by atomic mass is 10.0. The van der Waals surface area contributed by atoms with Gasteiger partial charge in [-0.25, -0.2) is 4.39 Å². The second kappa shape index (κ2) is 4.09. The highest BCUT2D eigenvalue weighted by Crippen LogP contribution is 2.35. The maximum atomic E-state index is 13.1. The molecule has 1 aromatic carbocycles. The van der Waals surface area contributed by atoms with Gasteiger partial charge in [-0.05, 0) is 35.4 Å². The van der Waals surface area contributed by atoms with Gasteiger partial charge in [0.05, 0.1) is 6.10 Å². The van der Waals surface area contributed by atoms with Crippen LogP contribution in [0.2, 0.25) is 5.02 Å². The zero-order chi connectivity index (χ0) is 10.1. The third-order valence-electron chi connectivity index (χ3n) is 2.34. The molecule has 0 saturated heterocycles. The minimum absolute atomic E-state index is 0.375. The van der Waals surface area contributed by atoms with Crippen molar-refractivity contribution < 1.29 is 9.50 Å². The van der Waals surface area contributed by atoms with Crippen molar-refractivity contribution in [2.45, 2.75) is 18.3 Å². The first kappa shape index (κ1) is 10.3. The van der Waals surface area contributed by atoms with E-state index in [1.807, 2.05) is 0 Å². The molecule has 0 aromatic heterocycles. The molecule has 0 aliphatic carbocycles. The standard InChI is InChI=1S/C10H10ClFOS/c11-9-4-6(12)3-7-8(9)5-14-2-1-10(7)13/h3-4,10,13H,1-2,5H2/t10-/m1/s1. The topological polar surface area (TPSA) is 20.2 Å². The highest BCUT2D eigenvalue weighted by molar-refractivity contribution is 7.98. The number of rotatable bonds is 0. The molecule has 4 heteroatoms. The van der Waals surface area contributed by atoms with Crippen LogP contribution in [0.3, 0.4) is 0 Å². The van der Waals surface area contributed by atoms with Crippen molar-refractivity contribution in [2.75, 3.05) is 5.75 Å². The quantitative estimate of drug-likeness (QED) is 0.742. The second-order valence-electron chi connectivity index (χ2n) is 3.31. The molecule has 1 aliphatic heterocycles. The summed E-state index contributed by atoms with van der Waals surface area (Å²) in [6.45, 7) is 0. The lowest BCUT2D eigenvalue weighted by Gasteiger charge is -2.12. The van der Waals surface area contributed by atoms with E-state index in [9.17, 15) is 9.50 Å². The van der Waals surface area contributed by atoms with E-state index in [1.54, 1.807) is 11.8 Å². The van der Waals surface area contributed by atoms with Crippen LogP contribution >= 0.6 is 23.4 Å². The SMILES string of the molecule is O[C@@H]1CCSCc2c(Cl)cc(F)cc21. The number of fused-ring (bicyclic) bond motifs is 1. The van der Waals surface area contributed by atoms with E-state index in [0.717, 1.165) is 17.1 Å². The summed E-state index contributed by atoms with van der Waals surface area (Å²) in [6.07, 6.45) is 0.0884. The molecule has 76 valence electrons. The molecule has 0 saturated carbocycles. The first-order valence-corrected chi connectivity index (χ1v) is 5.95. The van der Waals surface area contributed by atoms with E-state index < -0.39 is 6.10 Å². The monoisotopic (exact) mass is 232 g/mol. The number of hydrogen-bond acceptors (Lipinski definition) is 2. The molecule has 0 unspecified atom stereocenters. The van der Waals surface area contributed by atoms with Gasteiger partial charge in [0.15, 0.2) is 0 Å². The molecule has 1 aromatic rings. The smallest absolute Gasteiger partial charge is 0.125 e. The van der Waals surface area contributed by atoms with Crippen LogP contribution in [0.1, 0.15) is 23.7 Å². The van der Waals surface area contributed by atoms with Crippen LogP contribution in [0.25, 0.3) is 0 Å². The van der Waals surface area contributed by atoms with E-state index in [0.29, 0.717) is 17.0 Å². The summed E-state index contributed by atoms with van der Waals surface area (Å²) in [5, 5.41) is 10.2. The summed E-state index contributed by atoms with van der Waals surface area (Å²) in [5.41, 5.74) is 1.53. The molecule has 0 spiro atoms. The Bertz CT molecular complexity index is 356. The van der Waals surface area contributed by atoms with Crippen LogP contribution in [0, 0.1) is 5.82 Å². The number of hydrogen-bond donors (Lipinski definition) is 1. The maximum Gasteiger partial charge on any atom is 0.125 e. The summed E-state index contributed by atoms with van der Waals surface area (Å²) in [5.74, 6) is 1.26. The van der Waals surface area contributed by atoms with E-state index in [4.69, 9.17) is 11.6 Å². The van der Waals surface area contributed by atoms with Crippen molar-refractivity contribution in [1.29, 1.82) is 0 Å². The molecule has 14 heavy (non-hydrogen) atoms. The van der Waals surface area contributed by atoms with Gasteiger partial charge in [-0.2, -0.15) is 11.8 Å². The van der Waals surface area contributed by atoms with Gasteiger partial charge in [-0.15, -0.1) is 0 Å². The van der Waals surface area contributed by atoms with Gasteiger partial charge in [0.25, 0.3) is 0 Å². The Labute approximate surface area is 91.3 Å². The van der Waals surface area contributed by atoms with Gasteiger partial charge in [-0.3, -0.25) is 0 Å². The van der Waals surface area contributed by atoms with Crippen molar-refractivity contribution in [3.63, 3.8) is 0 Å². The highest BCUT2D eigenvalue weighted by atomic mass is 35.5. The number of aliphatic hydroxyl groups excluding tert-OH is 1. The molecule has 1 N–H and O–H groups in total. The Kier molecular flexibility index (Phi) is 3.00. The largest absolute Gasteiger partial charge is 0.388 e. The van der Waals surface area contributed by atoms with Crippen molar-refractivity contribution >= 4 is 23.4 Å². The predicted octanol–water partition coefficient (Wildman–Crippen LogP) is 3.15. The van der Waals surface area contributed by atoms with Crippen molar-refractivity contribution in [1.82, 2.24) is 0 Å². The van der Waals surface area contributed by atoms with Crippen LogP contribution < -0.4 is 0 Å². The maximum absolute atomic E-state index is 13.1. The van der Waals surface area contributed by atoms with Crippen molar-refractivity contribution in [2.24, 2.45) is 0 Å². The number of aliphatic hydroxyl groups is 1. The molecule has 1 atom stereocenters. The summed E-state index contributed by atoms with van der Waals surface area (Å²) >= 11 is 7.64. The Morgan fingerprint density at radius 1 is 1.50 bits per heavy atom. The third kappa shape index (κ3) is 1.90. The molecule has 0 fully saturated rings. The fraction of sp³-hybridized carbons (Fsp3) is 0.400. The number of thioether (sulfide) groups is 1. The Hall–Kier alpha value is -0.250. The molecule has 1 heterocycles. The molecule has 0 amide bonds. The minimum Gasteiger partial charge on any atom is -0.388 e. The summed E-state index contributed by atoms with van der Waals surface area (Å²) in [7, 11) is 0. The van der Waals surface area contributed by atoms with Gasteiger partial charge in [-0.1, -0.05) is 11.6 Å². The van der Waals surface area contributed by atoms with Crippen LogP contribution in [0.4, 0.5) is 4.39 Å². The summed E-state index contributed by atoms with van der Waals surface area (Å²) < 4.78 is 13.1. The molecule has 2 rings (SSSR count). The average molecular weight is 233 g/mol. The lowest BCUT2D eigenvalue weighted by molar-refractivity contribution is 0.174. The first-order chi connectivity index (χ1) is 6.68. The first-order valence-electron chi connectivity index (χ1n) is 4.42. The fourth-order valence-corrected chi connectivity index (χ4v) is 3.02. The van der Waals surface area contributed by atoms with Gasteiger partial charge >= 0.3 is 0 Å². The summed E-state index contributed by atoms with van der Waals surface area (Å²) in [4.78, 5) is 0. The van der Waals surface area contributed by atoms with E-state index >= 15 is 0 Å². The average Bonchev–Trinajstić information content (AvgIpc) is 2.29. The zero-order valence-corrected chi connectivity index (χ0v) is 9.04. The van der Waals surface area contributed by atoms with E-state index in [-0.39, 0.29) is 5.82 Å². The Morgan fingerprint density at radius 3 is 3.07 bits per heavy atom.